The van der Waals surface area contributed by atoms with Gasteiger partial charge in [0.05, 0.1) is 12.2 Å². The van der Waals surface area contributed by atoms with Crippen LogP contribution in [0.25, 0.3) is 0 Å². The van der Waals surface area contributed by atoms with Crippen LogP contribution in [0.2, 0.25) is 0 Å². The lowest BCUT2D eigenvalue weighted by molar-refractivity contribution is 0.0491. The van der Waals surface area contributed by atoms with Crippen LogP contribution >= 0.6 is 0 Å². The van der Waals surface area contributed by atoms with Gasteiger partial charge in [0.1, 0.15) is 17.1 Å². The molecule has 0 heterocycles. The van der Waals surface area contributed by atoms with Gasteiger partial charge in [-0.3, -0.25) is 0 Å². The Bertz CT molecular complexity index is 642. The highest BCUT2D eigenvalue weighted by molar-refractivity contribution is 5.51. The maximum absolute atomic E-state index is 11.7. The van der Waals surface area contributed by atoms with Gasteiger partial charge in [-0.05, 0) is 46.8 Å². The highest BCUT2D eigenvalue weighted by Crippen LogP contribution is 2.42. The van der Waals surface area contributed by atoms with Crippen molar-refractivity contribution in [3.63, 3.8) is 0 Å². The molecule has 2 aromatic carbocycles. The molecule has 4 nitrogen and oxygen atoms in total. The summed E-state index contributed by atoms with van der Waals surface area (Å²) in [7, 11) is 0. The molecule has 0 aliphatic heterocycles. The summed E-state index contributed by atoms with van der Waals surface area (Å²) < 4.78 is 11.9. The fourth-order valence-electron chi connectivity index (χ4n) is 2.91. The molecule has 1 atom stereocenters. The molecular formula is C21H29NO3. The maximum atomic E-state index is 11.7. The van der Waals surface area contributed by atoms with Crippen molar-refractivity contribution in [1.29, 1.82) is 0 Å². The molecule has 0 aliphatic carbocycles. The molecule has 0 amide bonds. The Morgan fingerprint density at radius 3 is 1.44 bits per heavy atom. The van der Waals surface area contributed by atoms with Gasteiger partial charge in [0.15, 0.2) is 0 Å². The Kier molecular flexibility index (Phi) is 6.09. The quantitative estimate of drug-likeness (QED) is 0.801. The molecule has 136 valence electrons. The van der Waals surface area contributed by atoms with Gasteiger partial charge in [0.25, 0.3) is 0 Å². The summed E-state index contributed by atoms with van der Waals surface area (Å²) in [6.45, 7) is 9.61. The van der Waals surface area contributed by atoms with Crippen LogP contribution in [0.3, 0.4) is 0 Å². The summed E-state index contributed by atoms with van der Waals surface area (Å²) >= 11 is 0. The van der Waals surface area contributed by atoms with E-state index in [1.165, 1.54) is 0 Å². The van der Waals surface area contributed by atoms with E-state index >= 15 is 0 Å². The second-order valence-corrected chi connectivity index (χ2v) is 6.88. The van der Waals surface area contributed by atoms with Crippen molar-refractivity contribution in [1.82, 2.24) is 0 Å². The molecule has 0 spiro atoms. The predicted octanol–water partition coefficient (Wildman–Crippen LogP) is 3.84. The van der Waals surface area contributed by atoms with Crippen LogP contribution in [0.1, 0.15) is 45.7 Å². The summed E-state index contributed by atoms with van der Waals surface area (Å²) in [6, 6.07) is 14.4. The second kappa shape index (κ2) is 7.89. The minimum Gasteiger partial charge on any atom is -0.491 e. The van der Waals surface area contributed by atoms with Crippen molar-refractivity contribution in [2.24, 2.45) is 5.73 Å². The van der Waals surface area contributed by atoms with Crippen LogP contribution in [0.15, 0.2) is 48.5 Å². The van der Waals surface area contributed by atoms with Crippen molar-refractivity contribution in [2.45, 2.75) is 58.5 Å². The van der Waals surface area contributed by atoms with E-state index in [4.69, 9.17) is 15.2 Å². The maximum Gasteiger partial charge on any atom is 0.136 e. The normalized spacial score (nSPS) is 13.2. The Morgan fingerprint density at radius 1 is 0.760 bits per heavy atom. The van der Waals surface area contributed by atoms with Crippen LogP contribution in [0.4, 0.5) is 0 Å². The summed E-state index contributed by atoms with van der Waals surface area (Å²) in [5, 5.41) is 11.7. The van der Waals surface area contributed by atoms with Gasteiger partial charge in [0.2, 0.25) is 0 Å². The summed E-state index contributed by atoms with van der Waals surface area (Å²) in [4.78, 5) is 0. The van der Waals surface area contributed by atoms with E-state index in [0.29, 0.717) is 22.6 Å². The van der Waals surface area contributed by atoms with Crippen LogP contribution < -0.4 is 15.2 Å². The smallest absolute Gasteiger partial charge is 0.136 e. The Hall–Kier alpha value is -2.04. The van der Waals surface area contributed by atoms with Crippen LogP contribution in [-0.2, 0) is 5.60 Å². The van der Waals surface area contributed by atoms with Crippen molar-refractivity contribution >= 4 is 0 Å². The van der Waals surface area contributed by atoms with Crippen LogP contribution in [0.5, 0.6) is 11.5 Å². The van der Waals surface area contributed by atoms with Crippen LogP contribution in [0, 0.1) is 0 Å². The molecule has 3 N–H and O–H groups in total. The van der Waals surface area contributed by atoms with Gasteiger partial charge < -0.3 is 20.3 Å². The lowest BCUT2D eigenvalue weighted by atomic mass is 9.80. The van der Waals surface area contributed by atoms with Crippen molar-refractivity contribution in [3.8, 4) is 11.5 Å². The van der Waals surface area contributed by atoms with Gasteiger partial charge >= 0.3 is 0 Å². The molecule has 0 aliphatic rings. The first-order chi connectivity index (χ1) is 11.8. The SMILES string of the molecule is CC(C)Oc1ccccc1C(O)(c1ccccc1OC(C)C)C(C)N. The molecule has 2 rings (SSSR count). The van der Waals surface area contributed by atoms with E-state index in [1.807, 2.05) is 76.2 Å². The highest BCUT2D eigenvalue weighted by Gasteiger charge is 2.40. The number of benzene rings is 2. The van der Waals surface area contributed by atoms with Gasteiger partial charge in [-0.2, -0.15) is 0 Å². The lowest BCUT2D eigenvalue weighted by Gasteiger charge is -2.36. The molecule has 1 unspecified atom stereocenters. The average molecular weight is 343 g/mol. The van der Waals surface area contributed by atoms with Crippen molar-refractivity contribution < 1.29 is 14.6 Å². The number of hydrogen-bond donors (Lipinski definition) is 2. The van der Waals surface area contributed by atoms with E-state index in [2.05, 4.69) is 0 Å². The first-order valence-corrected chi connectivity index (χ1v) is 8.77. The van der Waals surface area contributed by atoms with Crippen molar-refractivity contribution in [2.75, 3.05) is 0 Å². The van der Waals surface area contributed by atoms with E-state index in [-0.39, 0.29) is 12.2 Å². The van der Waals surface area contributed by atoms with E-state index in [0.717, 1.165) is 0 Å². The molecule has 0 saturated carbocycles. The van der Waals surface area contributed by atoms with Crippen molar-refractivity contribution in [3.05, 3.63) is 59.7 Å². The van der Waals surface area contributed by atoms with Crippen LogP contribution in [-0.4, -0.2) is 23.4 Å². The largest absolute Gasteiger partial charge is 0.491 e. The Morgan fingerprint density at radius 2 is 1.12 bits per heavy atom. The summed E-state index contributed by atoms with van der Waals surface area (Å²) in [5.74, 6) is 1.24. The number of hydrogen-bond acceptors (Lipinski definition) is 4. The fraction of sp³-hybridized carbons (Fsp3) is 0.429. The molecule has 0 radical (unpaired) electrons. The molecule has 2 aromatic rings. The lowest BCUT2D eigenvalue weighted by Crippen LogP contribution is -2.45. The molecule has 0 bridgehead atoms. The predicted molar refractivity (Wildman–Crippen MR) is 101 cm³/mol. The number of ether oxygens (including phenoxy) is 2. The first-order valence-electron chi connectivity index (χ1n) is 8.77. The minimum absolute atomic E-state index is 0.0133. The minimum atomic E-state index is -1.43. The Labute approximate surface area is 150 Å². The third-order valence-electron chi connectivity index (χ3n) is 3.98. The number of aliphatic hydroxyl groups is 1. The van der Waals surface area contributed by atoms with Gasteiger partial charge in [-0.15, -0.1) is 0 Å². The van der Waals surface area contributed by atoms with E-state index in [9.17, 15) is 5.11 Å². The molecule has 25 heavy (non-hydrogen) atoms. The molecule has 0 fully saturated rings. The standard InChI is InChI=1S/C21H29NO3/c1-14(2)24-19-12-8-6-10-17(19)21(23,16(5)22)18-11-7-9-13-20(18)25-15(3)4/h6-16,23H,22H2,1-5H3. The number of para-hydroxylation sites is 2. The third kappa shape index (κ3) is 4.14. The third-order valence-corrected chi connectivity index (χ3v) is 3.98. The van der Waals surface area contributed by atoms with Gasteiger partial charge in [0, 0.05) is 17.2 Å². The highest BCUT2D eigenvalue weighted by atomic mass is 16.5. The summed E-state index contributed by atoms with van der Waals surface area (Å²) in [5.41, 5.74) is 6.11. The topological polar surface area (TPSA) is 64.7 Å². The zero-order valence-corrected chi connectivity index (χ0v) is 15.7. The number of nitrogens with two attached hydrogens (primary N) is 1. The molecule has 0 aromatic heterocycles. The monoisotopic (exact) mass is 343 g/mol. The zero-order chi connectivity index (χ0) is 18.6. The van der Waals surface area contributed by atoms with Gasteiger partial charge in [-0.1, -0.05) is 36.4 Å². The average Bonchev–Trinajstić information content (AvgIpc) is 2.54. The second-order valence-electron chi connectivity index (χ2n) is 6.88. The summed E-state index contributed by atoms with van der Waals surface area (Å²) in [6.07, 6.45) is -0.0266. The zero-order valence-electron chi connectivity index (χ0n) is 15.7. The van der Waals surface area contributed by atoms with Gasteiger partial charge in [-0.25, -0.2) is 0 Å². The number of rotatable bonds is 7. The Balaban J connectivity index is 2.66. The van der Waals surface area contributed by atoms with E-state index < -0.39 is 11.6 Å². The molecule has 4 heteroatoms. The fourth-order valence-corrected chi connectivity index (χ4v) is 2.91. The molecule has 0 saturated heterocycles. The van der Waals surface area contributed by atoms with E-state index in [1.54, 1.807) is 6.92 Å². The first kappa shape index (κ1) is 19.3. The molecular weight excluding hydrogens is 314 g/mol.